The lowest BCUT2D eigenvalue weighted by molar-refractivity contribution is 0.0694. The first-order chi connectivity index (χ1) is 13.1. The molecule has 0 spiro atoms. The van der Waals surface area contributed by atoms with Crippen LogP contribution in [0, 0.1) is 0 Å². The highest BCUT2D eigenvalue weighted by Gasteiger charge is 2.29. The van der Waals surface area contributed by atoms with Crippen LogP contribution in [0.3, 0.4) is 0 Å². The fourth-order valence-electron chi connectivity index (χ4n) is 4.01. The molecule has 27 heavy (non-hydrogen) atoms. The minimum absolute atomic E-state index is 0.0839. The molecule has 2 aliphatic rings. The van der Waals surface area contributed by atoms with Crippen molar-refractivity contribution in [2.75, 3.05) is 26.2 Å². The molecule has 4 rings (SSSR count). The molecule has 0 saturated carbocycles. The molecule has 144 valence electrons. The number of sulfonamides is 1. The van der Waals surface area contributed by atoms with Crippen molar-refractivity contribution in [1.82, 2.24) is 13.8 Å². The molecular weight excluding hydrogens is 362 g/mol. The van der Waals surface area contributed by atoms with Crippen LogP contribution in [0.2, 0.25) is 0 Å². The maximum Gasteiger partial charge on any atom is 0.253 e. The lowest BCUT2D eigenvalue weighted by Gasteiger charge is -2.33. The average molecular weight is 388 g/mol. The van der Waals surface area contributed by atoms with Crippen LogP contribution in [0.5, 0.6) is 0 Å². The molecule has 0 atom stereocenters. The summed E-state index contributed by atoms with van der Waals surface area (Å²) in [6.45, 7) is 2.50. The topological polar surface area (TPSA) is 62.6 Å². The second kappa shape index (κ2) is 7.48. The number of likely N-dealkylation sites (tertiary alicyclic amines) is 1. The summed E-state index contributed by atoms with van der Waals surface area (Å²) in [4.78, 5) is 15.0. The number of carbonyl (C=O) groups excluding carboxylic acids is 1. The van der Waals surface area contributed by atoms with Gasteiger partial charge >= 0.3 is 0 Å². The van der Waals surface area contributed by atoms with Crippen molar-refractivity contribution in [2.24, 2.45) is 0 Å². The van der Waals surface area contributed by atoms with E-state index in [9.17, 15) is 13.2 Å². The third kappa shape index (κ3) is 3.66. The first-order valence-corrected chi connectivity index (χ1v) is 11.0. The number of amides is 1. The standard InChI is InChI=1S/C20H25N3O3S/c24-20(22-14-8-18(9-15-22)21-10-1-2-11-21)17-6-5-7-19(16-17)27(25,26)23-12-3-4-13-23/h1-2,5-7,10-11,16,18H,3-4,8-9,12-15H2. The van der Waals surface area contributed by atoms with Gasteiger partial charge < -0.3 is 9.47 Å². The maximum atomic E-state index is 12.9. The van der Waals surface area contributed by atoms with Crippen molar-refractivity contribution in [3.8, 4) is 0 Å². The van der Waals surface area contributed by atoms with Gasteiger partial charge in [-0.15, -0.1) is 0 Å². The lowest BCUT2D eigenvalue weighted by Crippen LogP contribution is -2.39. The monoisotopic (exact) mass is 387 g/mol. The summed E-state index contributed by atoms with van der Waals surface area (Å²) in [5.74, 6) is -0.0839. The Morgan fingerprint density at radius 3 is 2.26 bits per heavy atom. The van der Waals surface area contributed by atoms with Crippen LogP contribution in [-0.2, 0) is 10.0 Å². The Kier molecular flexibility index (Phi) is 5.06. The number of piperidine rings is 1. The van der Waals surface area contributed by atoms with E-state index in [0.717, 1.165) is 25.7 Å². The molecule has 6 nitrogen and oxygen atoms in total. The number of hydrogen-bond acceptors (Lipinski definition) is 3. The number of carbonyl (C=O) groups is 1. The predicted molar refractivity (Wildman–Crippen MR) is 103 cm³/mol. The zero-order valence-electron chi connectivity index (χ0n) is 15.3. The van der Waals surface area contributed by atoms with Crippen LogP contribution in [0.4, 0.5) is 0 Å². The normalized spacial score (nSPS) is 19.5. The van der Waals surface area contributed by atoms with Crippen LogP contribution in [0.15, 0.2) is 53.7 Å². The van der Waals surface area contributed by atoms with Crippen LogP contribution in [-0.4, -0.2) is 54.3 Å². The number of aromatic nitrogens is 1. The SMILES string of the molecule is O=C(c1cccc(S(=O)(=O)N2CCCC2)c1)N1CCC(n2cccc2)CC1. The molecule has 2 fully saturated rings. The van der Waals surface area contributed by atoms with Gasteiger partial charge in [-0.05, 0) is 56.0 Å². The minimum Gasteiger partial charge on any atom is -0.351 e. The molecule has 1 amide bonds. The van der Waals surface area contributed by atoms with E-state index in [-0.39, 0.29) is 10.8 Å². The molecule has 0 radical (unpaired) electrons. The molecule has 0 N–H and O–H groups in total. The highest BCUT2D eigenvalue weighted by atomic mass is 32.2. The van der Waals surface area contributed by atoms with Crippen molar-refractivity contribution >= 4 is 15.9 Å². The molecule has 1 aromatic carbocycles. The first-order valence-electron chi connectivity index (χ1n) is 9.58. The number of benzene rings is 1. The summed E-state index contributed by atoms with van der Waals surface area (Å²) in [7, 11) is -3.50. The third-order valence-corrected chi connectivity index (χ3v) is 7.48. The van der Waals surface area contributed by atoms with E-state index >= 15 is 0 Å². The molecule has 0 aliphatic carbocycles. The second-order valence-corrected chi connectivity index (χ2v) is 9.23. The summed E-state index contributed by atoms with van der Waals surface area (Å²) in [6.07, 6.45) is 7.74. The molecule has 2 saturated heterocycles. The predicted octanol–water partition coefficient (Wildman–Crippen LogP) is 2.75. The van der Waals surface area contributed by atoms with Crippen LogP contribution in [0.25, 0.3) is 0 Å². The Morgan fingerprint density at radius 1 is 0.926 bits per heavy atom. The summed E-state index contributed by atoms with van der Waals surface area (Å²) < 4.78 is 29.2. The van der Waals surface area contributed by atoms with Gasteiger partial charge in [0.25, 0.3) is 5.91 Å². The fraction of sp³-hybridized carbons (Fsp3) is 0.450. The molecule has 3 heterocycles. The summed E-state index contributed by atoms with van der Waals surface area (Å²) in [5.41, 5.74) is 0.453. The van der Waals surface area contributed by atoms with Gasteiger partial charge in [0.1, 0.15) is 0 Å². The van der Waals surface area contributed by atoms with Crippen molar-refractivity contribution in [3.63, 3.8) is 0 Å². The Labute approximate surface area is 160 Å². The Morgan fingerprint density at radius 2 is 1.59 bits per heavy atom. The molecule has 0 bridgehead atoms. The molecule has 7 heteroatoms. The Balaban J connectivity index is 1.47. The van der Waals surface area contributed by atoms with Crippen molar-refractivity contribution in [1.29, 1.82) is 0 Å². The summed E-state index contributed by atoms with van der Waals surface area (Å²) in [5, 5.41) is 0. The first kappa shape index (κ1) is 18.3. The van der Waals surface area contributed by atoms with Crippen LogP contribution >= 0.6 is 0 Å². The van der Waals surface area contributed by atoms with Gasteiger partial charge in [0.2, 0.25) is 10.0 Å². The maximum absolute atomic E-state index is 12.9. The average Bonchev–Trinajstić information content (AvgIpc) is 3.42. The van der Waals surface area contributed by atoms with Crippen molar-refractivity contribution in [2.45, 2.75) is 36.6 Å². The van der Waals surface area contributed by atoms with E-state index in [1.807, 2.05) is 17.0 Å². The highest BCUT2D eigenvalue weighted by Crippen LogP contribution is 2.25. The smallest absolute Gasteiger partial charge is 0.253 e. The van der Waals surface area contributed by atoms with Gasteiger partial charge in [0.15, 0.2) is 0 Å². The van der Waals surface area contributed by atoms with E-state index < -0.39 is 10.0 Å². The zero-order valence-corrected chi connectivity index (χ0v) is 16.1. The largest absolute Gasteiger partial charge is 0.351 e. The van der Waals surface area contributed by atoms with E-state index in [0.29, 0.717) is 37.8 Å². The van der Waals surface area contributed by atoms with Crippen LogP contribution < -0.4 is 0 Å². The van der Waals surface area contributed by atoms with E-state index in [1.54, 1.807) is 18.2 Å². The molecular formula is C20H25N3O3S. The molecule has 2 aliphatic heterocycles. The summed E-state index contributed by atoms with van der Waals surface area (Å²) in [6, 6.07) is 11.0. The van der Waals surface area contributed by atoms with E-state index in [1.165, 1.54) is 10.4 Å². The van der Waals surface area contributed by atoms with Gasteiger partial charge in [0.05, 0.1) is 4.90 Å². The van der Waals surface area contributed by atoms with E-state index in [4.69, 9.17) is 0 Å². The lowest BCUT2D eigenvalue weighted by atomic mass is 10.0. The van der Waals surface area contributed by atoms with E-state index in [2.05, 4.69) is 17.0 Å². The molecule has 2 aromatic rings. The summed E-state index contributed by atoms with van der Waals surface area (Å²) >= 11 is 0. The van der Waals surface area contributed by atoms with Gasteiger partial charge in [-0.2, -0.15) is 4.31 Å². The number of nitrogens with zero attached hydrogens (tertiary/aromatic N) is 3. The minimum atomic E-state index is -3.50. The van der Waals surface area contributed by atoms with Gasteiger partial charge in [0, 0.05) is 50.2 Å². The highest BCUT2D eigenvalue weighted by molar-refractivity contribution is 7.89. The Hall–Kier alpha value is -2.12. The van der Waals surface area contributed by atoms with Crippen LogP contribution in [0.1, 0.15) is 42.1 Å². The van der Waals surface area contributed by atoms with Gasteiger partial charge in [-0.1, -0.05) is 6.07 Å². The van der Waals surface area contributed by atoms with Gasteiger partial charge in [-0.25, -0.2) is 8.42 Å². The van der Waals surface area contributed by atoms with Crippen molar-refractivity contribution < 1.29 is 13.2 Å². The molecule has 1 aromatic heterocycles. The molecule has 0 unspecified atom stereocenters. The third-order valence-electron chi connectivity index (χ3n) is 5.58. The van der Waals surface area contributed by atoms with Gasteiger partial charge in [-0.3, -0.25) is 4.79 Å². The second-order valence-electron chi connectivity index (χ2n) is 7.29. The van der Waals surface area contributed by atoms with Crippen molar-refractivity contribution in [3.05, 3.63) is 54.4 Å². The number of hydrogen-bond donors (Lipinski definition) is 0. The number of rotatable bonds is 4. The Bertz CT molecular complexity index is 894. The fourth-order valence-corrected chi connectivity index (χ4v) is 5.57. The quantitative estimate of drug-likeness (QED) is 0.810. The zero-order chi connectivity index (χ0) is 18.9.